The molecule has 0 aromatic heterocycles. The Hall–Kier alpha value is -0.190. The molecule has 0 aliphatic heterocycles. The molecule has 5 heteroatoms. The van der Waals surface area contributed by atoms with Gasteiger partial charge in [0.1, 0.15) is 0 Å². The second-order valence-electron chi connectivity index (χ2n) is 0.697. The molecule has 0 N–H and O–H groups in total. The van der Waals surface area contributed by atoms with Crippen LogP contribution < -0.4 is 0 Å². The van der Waals surface area contributed by atoms with Crippen LogP contribution in [0.2, 0.25) is 0 Å². The lowest BCUT2D eigenvalue weighted by Gasteiger charge is -1.88. The van der Waals surface area contributed by atoms with Crippen LogP contribution in [0.5, 0.6) is 0 Å². The Morgan fingerprint density at radius 3 is 2.14 bits per heavy atom. The number of carbonyl (C=O) groups is 1. The molecular weight excluding hydrogens is 174 g/mol. The number of halogens is 3. The normalized spacial score (nSPS) is 9.14. The Labute approximate surface area is 46.9 Å². The zero-order valence-corrected chi connectivity index (χ0v) is 4.61. The van der Waals surface area contributed by atoms with E-state index in [-0.39, 0.29) is 0 Å². The first-order chi connectivity index (χ1) is 3.18. The third-order valence-electron chi connectivity index (χ3n) is 0.254. The van der Waals surface area contributed by atoms with E-state index in [2.05, 4.69) is 20.1 Å². The molecule has 0 saturated carbocycles. The Kier molecular flexibility index (Phi) is 2.82. The summed E-state index contributed by atoms with van der Waals surface area (Å²) in [5.41, 5.74) is 0. The summed E-state index contributed by atoms with van der Waals surface area (Å²) in [5.74, 6) is -1.57. The molecule has 0 atom stereocenters. The van der Waals surface area contributed by atoms with Gasteiger partial charge in [0.25, 0.3) is 0 Å². The maximum absolute atomic E-state index is 10.9. The van der Waals surface area contributed by atoms with Gasteiger partial charge in [-0.3, -0.25) is 0 Å². The predicted octanol–water partition coefficient (Wildman–Crippen LogP) is 1.10. The van der Waals surface area contributed by atoms with Gasteiger partial charge in [0, 0.05) is 0 Å². The number of hydrogen-bond acceptors (Lipinski definition) is 2. The lowest BCUT2D eigenvalue weighted by molar-refractivity contribution is -0.144. The molecule has 0 aliphatic carbocycles. The second kappa shape index (κ2) is 2.90. The first kappa shape index (κ1) is 6.81. The molecule has 42 valence electrons. The molecule has 0 rings (SSSR count). The summed E-state index contributed by atoms with van der Waals surface area (Å²) < 4.78 is 25.3. The SMILES string of the molecule is O=C(OBr)C(F)F. The first-order valence-electron chi connectivity index (χ1n) is 1.29. The summed E-state index contributed by atoms with van der Waals surface area (Å²) in [5, 5.41) is 0. The van der Waals surface area contributed by atoms with E-state index in [0.717, 1.165) is 0 Å². The average molecular weight is 175 g/mol. The lowest BCUT2D eigenvalue weighted by atomic mass is 10.7. The van der Waals surface area contributed by atoms with Crippen molar-refractivity contribution in [2.75, 3.05) is 0 Å². The Balaban J connectivity index is 3.35. The van der Waals surface area contributed by atoms with Gasteiger partial charge < -0.3 is 3.83 Å². The molecule has 0 bridgehead atoms. The van der Waals surface area contributed by atoms with E-state index in [0.29, 0.717) is 0 Å². The van der Waals surface area contributed by atoms with Crippen molar-refractivity contribution in [1.82, 2.24) is 0 Å². The molecule has 7 heavy (non-hydrogen) atoms. The number of carbonyl (C=O) groups excluding carboxylic acids is 1. The summed E-state index contributed by atoms with van der Waals surface area (Å²) >= 11 is 2.09. The maximum atomic E-state index is 10.9. The molecule has 0 saturated heterocycles. The topological polar surface area (TPSA) is 26.3 Å². The molecule has 0 aromatic carbocycles. The lowest BCUT2D eigenvalue weighted by Crippen LogP contribution is -2.07. The van der Waals surface area contributed by atoms with Crippen molar-refractivity contribution >= 4 is 22.2 Å². The van der Waals surface area contributed by atoms with Gasteiger partial charge in [-0.15, -0.1) is 0 Å². The quantitative estimate of drug-likeness (QED) is 0.596. The van der Waals surface area contributed by atoms with Gasteiger partial charge in [-0.1, -0.05) is 0 Å². The summed E-state index contributed by atoms with van der Waals surface area (Å²) in [6.45, 7) is 0. The summed E-state index contributed by atoms with van der Waals surface area (Å²) in [4.78, 5) is 9.49. The van der Waals surface area contributed by atoms with Gasteiger partial charge in [-0.2, -0.15) is 8.78 Å². The summed E-state index contributed by atoms with van der Waals surface area (Å²) in [6, 6.07) is 0. The predicted molar refractivity (Wildman–Crippen MR) is 21.0 cm³/mol. The van der Waals surface area contributed by atoms with E-state index in [1.807, 2.05) is 0 Å². The van der Waals surface area contributed by atoms with E-state index in [1.165, 1.54) is 0 Å². The monoisotopic (exact) mass is 174 g/mol. The number of alkyl halides is 2. The first-order valence-corrected chi connectivity index (χ1v) is 1.94. The number of rotatable bonds is 1. The van der Waals surface area contributed by atoms with E-state index < -0.39 is 12.4 Å². The molecule has 0 aromatic rings. The third kappa shape index (κ3) is 2.50. The fraction of sp³-hybridized carbons (Fsp3) is 0.500. The van der Waals surface area contributed by atoms with Crippen LogP contribution in [-0.2, 0) is 8.62 Å². The summed E-state index contributed by atoms with van der Waals surface area (Å²) in [6.07, 6.45) is -3.04. The van der Waals surface area contributed by atoms with Crippen molar-refractivity contribution in [2.24, 2.45) is 0 Å². The average Bonchev–Trinajstić information content (AvgIpc) is 1.65. The molecule has 2 nitrogen and oxygen atoms in total. The van der Waals surface area contributed by atoms with Crippen LogP contribution in [0.1, 0.15) is 0 Å². The Bertz CT molecular complexity index is 74.1. The highest BCUT2D eigenvalue weighted by Crippen LogP contribution is 1.97. The van der Waals surface area contributed by atoms with E-state index in [9.17, 15) is 13.6 Å². The van der Waals surface area contributed by atoms with Gasteiger partial charge in [-0.05, 0) is 0 Å². The van der Waals surface area contributed by atoms with Crippen LogP contribution in [-0.4, -0.2) is 12.4 Å². The molecule has 0 radical (unpaired) electrons. The van der Waals surface area contributed by atoms with Crippen LogP contribution in [0.25, 0.3) is 0 Å². The highest BCUT2D eigenvalue weighted by atomic mass is 79.9. The highest BCUT2D eigenvalue weighted by molar-refractivity contribution is 9.06. The largest absolute Gasteiger partial charge is 0.385 e. The minimum Gasteiger partial charge on any atom is -0.379 e. The van der Waals surface area contributed by atoms with Crippen molar-refractivity contribution in [3.05, 3.63) is 0 Å². The van der Waals surface area contributed by atoms with Crippen molar-refractivity contribution in [3.8, 4) is 0 Å². The van der Waals surface area contributed by atoms with Crippen LogP contribution in [0.3, 0.4) is 0 Å². The fourth-order valence-electron chi connectivity index (χ4n) is 0.0337. The van der Waals surface area contributed by atoms with Gasteiger partial charge in [0.05, 0.1) is 0 Å². The van der Waals surface area contributed by atoms with Crippen LogP contribution in [0.15, 0.2) is 0 Å². The Morgan fingerprint density at radius 2 is 2.14 bits per heavy atom. The van der Waals surface area contributed by atoms with E-state index in [4.69, 9.17) is 0 Å². The minimum absolute atomic E-state index is 1.57. The Morgan fingerprint density at radius 1 is 1.71 bits per heavy atom. The van der Waals surface area contributed by atoms with E-state index >= 15 is 0 Å². The van der Waals surface area contributed by atoms with Crippen molar-refractivity contribution in [3.63, 3.8) is 0 Å². The molecule has 0 aliphatic rings. The highest BCUT2D eigenvalue weighted by Gasteiger charge is 2.14. The maximum Gasteiger partial charge on any atom is 0.385 e. The minimum atomic E-state index is -3.04. The standard InChI is InChI=1S/C2HBrF2O2/c3-7-2(6)1(4)5/h1H. The van der Waals surface area contributed by atoms with Crippen molar-refractivity contribution < 1.29 is 17.4 Å². The van der Waals surface area contributed by atoms with Gasteiger partial charge in [0.15, 0.2) is 16.3 Å². The zero-order valence-electron chi connectivity index (χ0n) is 3.03. The molecule has 0 heterocycles. The van der Waals surface area contributed by atoms with Gasteiger partial charge in [0.2, 0.25) is 0 Å². The van der Waals surface area contributed by atoms with Crippen LogP contribution in [0.4, 0.5) is 8.78 Å². The molecular formula is C2HBrF2O2. The van der Waals surface area contributed by atoms with Crippen LogP contribution >= 0.6 is 16.3 Å². The van der Waals surface area contributed by atoms with E-state index in [1.54, 1.807) is 0 Å². The van der Waals surface area contributed by atoms with Gasteiger partial charge >= 0.3 is 12.4 Å². The van der Waals surface area contributed by atoms with Crippen molar-refractivity contribution in [2.45, 2.75) is 6.43 Å². The van der Waals surface area contributed by atoms with Crippen molar-refractivity contribution in [1.29, 1.82) is 0 Å². The third-order valence-corrected chi connectivity index (χ3v) is 0.573. The molecule has 0 amide bonds. The molecule has 0 unspecified atom stereocenters. The molecule has 0 fully saturated rings. The van der Waals surface area contributed by atoms with Gasteiger partial charge in [-0.25, -0.2) is 4.79 Å². The second-order valence-corrected chi connectivity index (χ2v) is 1.02. The molecule has 0 spiro atoms. The fourth-order valence-corrected chi connectivity index (χ4v) is 0.175. The zero-order chi connectivity index (χ0) is 5.86. The van der Waals surface area contributed by atoms with Crippen LogP contribution in [0, 0.1) is 0 Å². The summed E-state index contributed by atoms with van der Waals surface area (Å²) in [7, 11) is 0. The number of hydrogen-bond donors (Lipinski definition) is 0. The smallest absolute Gasteiger partial charge is 0.379 e.